The first-order valence-corrected chi connectivity index (χ1v) is 6.34. The highest BCUT2D eigenvalue weighted by atomic mass is 16.7. The molecule has 2 aromatic carbocycles. The predicted octanol–water partition coefficient (Wildman–Crippen LogP) is 3.46. The molecule has 94 valence electrons. The molecule has 3 heteroatoms. The second kappa shape index (κ2) is 5.13. The van der Waals surface area contributed by atoms with Crippen molar-refractivity contribution in [3.05, 3.63) is 66.2 Å². The van der Waals surface area contributed by atoms with Crippen LogP contribution in [0, 0.1) is 11.3 Å². The molecule has 0 spiro atoms. The van der Waals surface area contributed by atoms with Crippen LogP contribution in [0.25, 0.3) is 0 Å². The third-order valence-corrected chi connectivity index (χ3v) is 3.30. The predicted molar refractivity (Wildman–Crippen MR) is 73.2 cm³/mol. The smallest absolute Gasteiger partial charge is 0.174 e. The van der Waals surface area contributed by atoms with E-state index in [1.54, 1.807) is 0 Å². The standard InChI is InChI=1S/C16H14N2O/c17-12-15-11-16(13-7-3-1-4-8-13)18(19-15)14-9-5-2-6-10-14/h1-10,15-16H,11H2. The topological polar surface area (TPSA) is 36.3 Å². The number of anilines is 1. The van der Waals surface area contributed by atoms with Crippen molar-refractivity contribution < 1.29 is 4.84 Å². The van der Waals surface area contributed by atoms with Crippen LogP contribution in [0.5, 0.6) is 0 Å². The number of hydrogen-bond donors (Lipinski definition) is 0. The fourth-order valence-corrected chi connectivity index (χ4v) is 2.39. The molecule has 0 aromatic heterocycles. The van der Waals surface area contributed by atoms with Gasteiger partial charge in [0, 0.05) is 6.42 Å². The Hall–Kier alpha value is -2.31. The molecule has 0 amide bonds. The fraction of sp³-hybridized carbons (Fsp3) is 0.188. The van der Waals surface area contributed by atoms with Crippen molar-refractivity contribution in [2.75, 3.05) is 5.06 Å². The quantitative estimate of drug-likeness (QED) is 0.819. The van der Waals surface area contributed by atoms with Gasteiger partial charge in [-0.1, -0.05) is 48.5 Å². The van der Waals surface area contributed by atoms with Crippen LogP contribution in [0.3, 0.4) is 0 Å². The van der Waals surface area contributed by atoms with E-state index in [-0.39, 0.29) is 12.1 Å². The summed E-state index contributed by atoms with van der Waals surface area (Å²) >= 11 is 0. The largest absolute Gasteiger partial charge is 0.254 e. The van der Waals surface area contributed by atoms with E-state index in [9.17, 15) is 0 Å². The van der Waals surface area contributed by atoms with Crippen LogP contribution in [-0.2, 0) is 4.84 Å². The maximum atomic E-state index is 9.09. The molecular weight excluding hydrogens is 236 g/mol. The average molecular weight is 250 g/mol. The Labute approximate surface area is 112 Å². The molecule has 1 fully saturated rings. The number of benzene rings is 2. The number of para-hydroxylation sites is 1. The van der Waals surface area contributed by atoms with Crippen molar-refractivity contribution in [1.29, 1.82) is 5.26 Å². The molecule has 0 bridgehead atoms. The number of hydroxylamine groups is 1. The fourth-order valence-electron chi connectivity index (χ4n) is 2.39. The molecule has 2 atom stereocenters. The van der Waals surface area contributed by atoms with Crippen molar-refractivity contribution in [3.63, 3.8) is 0 Å². The van der Waals surface area contributed by atoms with E-state index < -0.39 is 0 Å². The summed E-state index contributed by atoms with van der Waals surface area (Å²) < 4.78 is 0. The Morgan fingerprint density at radius 3 is 2.26 bits per heavy atom. The summed E-state index contributed by atoms with van der Waals surface area (Å²) in [5.74, 6) is 0. The van der Waals surface area contributed by atoms with E-state index in [4.69, 9.17) is 10.1 Å². The van der Waals surface area contributed by atoms with E-state index in [0.717, 1.165) is 5.69 Å². The number of nitrogens with zero attached hydrogens (tertiary/aromatic N) is 2. The van der Waals surface area contributed by atoms with Crippen molar-refractivity contribution in [2.24, 2.45) is 0 Å². The van der Waals surface area contributed by atoms with Gasteiger partial charge in [0.1, 0.15) is 0 Å². The summed E-state index contributed by atoms with van der Waals surface area (Å²) in [5, 5.41) is 10.9. The highest BCUT2D eigenvalue weighted by Crippen LogP contribution is 2.37. The van der Waals surface area contributed by atoms with E-state index in [1.165, 1.54) is 5.56 Å². The minimum absolute atomic E-state index is 0.0910. The normalized spacial score (nSPS) is 22.2. The Kier molecular flexibility index (Phi) is 3.18. The molecule has 0 radical (unpaired) electrons. The first kappa shape index (κ1) is 11.8. The van der Waals surface area contributed by atoms with Crippen LogP contribution in [0.15, 0.2) is 60.7 Å². The zero-order valence-electron chi connectivity index (χ0n) is 10.4. The number of rotatable bonds is 2. The van der Waals surface area contributed by atoms with Gasteiger partial charge in [-0.2, -0.15) is 5.26 Å². The van der Waals surface area contributed by atoms with E-state index in [2.05, 4.69) is 18.2 Å². The molecule has 1 aliphatic rings. The Morgan fingerprint density at radius 2 is 1.63 bits per heavy atom. The summed E-state index contributed by atoms with van der Waals surface area (Å²) in [7, 11) is 0. The zero-order valence-corrected chi connectivity index (χ0v) is 10.4. The maximum absolute atomic E-state index is 9.09. The van der Waals surface area contributed by atoms with E-state index in [0.29, 0.717) is 6.42 Å². The first-order valence-electron chi connectivity index (χ1n) is 6.34. The lowest BCUT2D eigenvalue weighted by molar-refractivity contribution is 0.118. The van der Waals surface area contributed by atoms with Crippen molar-refractivity contribution in [2.45, 2.75) is 18.6 Å². The second-order valence-electron chi connectivity index (χ2n) is 4.55. The monoisotopic (exact) mass is 250 g/mol. The lowest BCUT2D eigenvalue weighted by Crippen LogP contribution is -2.21. The molecule has 3 nitrogen and oxygen atoms in total. The molecule has 1 saturated heterocycles. The summed E-state index contributed by atoms with van der Waals surface area (Å²) in [6, 6.07) is 22.4. The highest BCUT2D eigenvalue weighted by Gasteiger charge is 2.34. The molecule has 0 aliphatic carbocycles. The second-order valence-corrected chi connectivity index (χ2v) is 4.55. The highest BCUT2D eigenvalue weighted by molar-refractivity contribution is 5.47. The third-order valence-electron chi connectivity index (χ3n) is 3.30. The summed E-state index contributed by atoms with van der Waals surface area (Å²) in [6.45, 7) is 0. The van der Waals surface area contributed by atoms with Crippen LogP contribution < -0.4 is 5.06 Å². The SMILES string of the molecule is N#CC1CC(c2ccccc2)N(c2ccccc2)O1. The molecule has 2 unspecified atom stereocenters. The van der Waals surface area contributed by atoms with Gasteiger partial charge in [0.25, 0.3) is 0 Å². The minimum atomic E-state index is -0.384. The van der Waals surface area contributed by atoms with Crippen molar-refractivity contribution in [3.8, 4) is 6.07 Å². The van der Waals surface area contributed by atoms with Crippen LogP contribution in [0.1, 0.15) is 18.0 Å². The van der Waals surface area contributed by atoms with E-state index in [1.807, 2.05) is 53.6 Å². The van der Waals surface area contributed by atoms with Gasteiger partial charge in [-0.3, -0.25) is 4.84 Å². The van der Waals surface area contributed by atoms with Crippen LogP contribution in [-0.4, -0.2) is 6.10 Å². The third kappa shape index (κ3) is 2.31. The summed E-state index contributed by atoms with van der Waals surface area (Å²) in [5.41, 5.74) is 2.15. The van der Waals surface area contributed by atoms with Crippen molar-refractivity contribution in [1.82, 2.24) is 0 Å². The Bertz CT molecular complexity index is 529. The molecule has 1 aliphatic heterocycles. The van der Waals surface area contributed by atoms with Gasteiger partial charge in [0.2, 0.25) is 0 Å². The number of hydrogen-bond acceptors (Lipinski definition) is 3. The molecule has 0 N–H and O–H groups in total. The average Bonchev–Trinajstić information content (AvgIpc) is 2.93. The molecule has 3 rings (SSSR count). The summed E-state index contributed by atoms with van der Waals surface area (Å²) in [6.07, 6.45) is 0.306. The molecule has 0 saturated carbocycles. The van der Waals surface area contributed by atoms with Crippen molar-refractivity contribution >= 4 is 5.69 Å². The lowest BCUT2D eigenvalue weighted by Gasteiger charge is -2.24. The summed E-state index contributed by atoms with van der Waals surface area (Å²) in [4.78, 5) is 5.74. The van der Waals surface area contributed by atoms with Gasteiger partial charge in [0.15, 0.2) is 6.10 Å². The Balaban J connectivity index is 1.95. The first-order chi connectivity index (χ1) is 9.38. The maximum Gasteiger partial charge on any atom is 0.174 e. The van der Waals surface area contributed by atoms with Gasteiger partial charge in [0.05, 0.1) is 17.8 Å². The van der Waals surface area contributed by atoms with E-state index >= 15 is 0 Å². The lowest BCUT2D eigenvalue weighted by atomic mass is 10.0. The van der Waals surface area contributed by atoms with Crippen LogP contribution in [0.2, 0.25) is 0 Å². The van der Waals surface area contributed by atoms with Gasteiger partial charge in [-0.15, -0.1) is 0 Å². The molecular formula is C16H14N2O. The Morgan fingerprint density at radius 1 is 1.00 bits per heavy atom. The molecule has 19 heavy (non-hydrogen) atoms. The molecule has 2 aromatic rings. The zero-order chi connectivity index (χ0) is 13.1. The van der Waals surface area contributed by atoms with Gasteiger partial charge >= 0.3 is 0 Å². The van der Waals surface area contributed by atoms with Crippen LogP contribution in [0.4, 0.5) is 5.69 Å². The van der Waals surface area contributed by atoms with Gasteiger partial charge < -0.3 is 0 Å². The van der Waals surface area contributed by atoms with Gasteiger partial charge in [-0.25, -0.2) is 5.06 Å². The van der Waals surface area contributed by atoms with Crippen LogP contribution >= 0.6 is 0 Å². The molecule has 1 heterocycles. The minimum Gasteiger partial charge on any atom is -0.254 e. The van der Waals surface area contributed by atoms with Gasteiger partial charge in [-0.05, 0) is 17.7 Å². The number of nitriles is 1.